The quantitative estimate of drug-likeness (QED) is 0.743. The van der Waals surface area contributed by atoms with Crippen molar-refractivity contribution in [2.45, 2.75) is 6.54 Å². The lowest BCUT2D eigenvalue weighted by Crippen LogP contribution is -2.27. The summed E-state index contributed by atoms with van der Waals surface area (Å²) in [5.74, 6) is 1.36. The van der Waals surface area contributed by atoms with Crippen molar-refractivity contribution < 1.29 is 0 Å². The molecule has 0 bridgehead atoms. The van der Waals surface area contributed by atoms with Crippen molar-refractivity contribution in [1.82, 2.24) is 9.88 Å². The second kappa shape index (κ2) is 5.96. The van der Waals surface area contributed by atoms with E-state index in [2.05, 4.69) is 26.4 Å². The van der Waals surface area contributed by atoms with Crippen LogP contribution in [0.3, 0.4) is 0 Å². The number of fused-ring (bicyclic) bond motifs is 2. The SMILES string of the molecule is Cl.Cl.ClCC1=CSC2=Nc3ncccc3CN12. The van der Waals surface area contributed by atoms with Crippen molar-refractivity contribution in [3.8, 4) is 0 Å². The van der Waals surface area contributed by atoms with Crippen LogP contribution in [0, 0.1) is 0 Å². The molecule has 2 aliphatic rings. The van der Waals surface area contributed by atoms with E-state index in [-0.39, 0.29) is 24.8 Å². The van der Waals surface area contributed by atoms with E-state index in [4.69, 9.17) is 11.6 Å². The van der Waals surface area contributed by atoms with Crippen LogP contribution in [0.25, 0.3) is 0 Å². The third kappa shape index (κ3) is 2.55. The fourth-order valence-corrected chi connectivity index (χ4v) is 2.86. The number of aromatic nitrogens is 1. The lowest BCUT2D eigenvalue weighted by Gasteiger charge is -2.25. The van der Waals surface area contributed by atoms with Crippen LogP contribution in [-0.4, -0.2) is 20.9 Å². The molecule has 3 nitrogen and oxygen atoms in total. The molecule has 0 saturated carbocycles. The lowest BCUT2D eigenvalue weighted by molar-refractivity contribution is 0.517. The molecule has 92 valence electrons. The Morgan fingerprint density at radius 3 is 3.00 bits per heavy atom. The highest BCUT2D eigenvalue weighted by Gasteiger charge is 2.27. The predicted octanol–water partition coefficient (Wildman–Crippen LogP) is 3.56. The minimum absolute atomic E-state index is 0. The maximum atomic E-state index is 5.86. The summed E-state index contributed by atoms with van der Waals surface area (Å²) in [6.07, 6.45) is 1.77. The Hall–Kier alpha value is -0.420. The van der Waals surface area contributed by atoms with Crippen molar-refractivity contribution in [3.05, 3.63) is 35.0 Å². The predicted molar refractivity (Wildman–Crippen MR) is 77.8 cm³/mol. The number of rotatable bonds is 1. The Morgan fingerprint density at radius 2 is 2.24 bits per heavy atom. The van der Waals surface area contributed by atoms with Gasteiger partial charge in [0, 0.05) is 17.5 Å². The van der Waals surface area contributed by atoms with Gasteiger partial charge in [0.2, 0.25) is 0 Å². The Kier molecular flexibility index (Phi) is 5.13. The van der Waals surface area contributed by atoms with Gasteiger partial charge in [-0.25, -0.2) is 9.98 Å². The van der Waals surface area contributed by atoms with Gasteiger partial charge in [0.15, 0.2) is 11.0 Å². The van der Waals surface area contributed by atoms with E-state index >= 15 is 0 Å². The third-order valence-electron chi connectivity index (χ3n) is 2.41. The molecular formula is C10H10Cl3N3S. The van der Waals surface area contributed by atoms with E-state index in [0.717, 1.165) is 28.8 Å². The largest absolute Gasteiger partial charge is 0.318 e. The topological polar surface area (TPSA) is 28.5 Å². The molecule has 0 aliphatic carbocycles. The highest BCUT2D eigenvalue weighted by Crippen LogP contribution is 2.35. The van der Waals surface area contributed by atoms with Gasteiger partial charge < -0.3 is 4.90 Å². The molecule has 17 heavy (non-hydrogen) atoms. The average molecular weight is 311 g/mol. The lowest BCUT2D eigenvalue weighted by atomic mass is 10.2. The van der Waals surface area contributed by atoms with E-state index < -0.39 is 0 Å². The molecule has 7 heteroatoms. The summed E-state index contributed by atoms with van der Waals surface area (Å²) >= 11 is 7.47. The number of aliphatic imine (C=N–C) groups is 1. The van der Waals surface area contributed by atoms with Crippen LogP contribution in [0.15, 0.2) is 34.4 Å². The zero-order valence-electron chi connectivity index (χ0n) is 8.67. The van der Waals surface area contributed by atoms with Crippen LogP contribution < -0.4 is 0 Å². The molecule has 0 atom stereocenters. The minimum Gasteiger partial charge on any atom is -0.318 e. The third-order valence-corrected chi connectivity index (χ3v) is 3.60. The summed E-state index contributed by atoms with van der Waals surface area (Å²) in [5, 5.41) is 3.04. The standard InChI is InChI=1S/C10H8ClN3S.2ClH/c11-4-8-6-15-10-13-9-7(5-14(8)10)2-1-3-12-9;;/h1-3,6H,4-5H2;2*1H. The van der Waals surface area contributed by atoms with Crippen molar-refractivity contribution in [2.24, 2.45) is 4.99 Å². The van der Waals surface area contributed by atoms with Crippen LogP contribution in [0.2, 0.25) is 0 Å². The highest BCUT2D eigenvalue weighted by atomic mass is 35.5. The Morgan fingerprint density at radius 1 is 1.41 bits per heavy atom. The van der Waals surface area contributed by atoms with Crippen molar-refractivity contribution in [1.29, 1.82) is 0 Å². The van der Waals surface area contributed by atoms with Crippen molar-refractivity contribution >= 4 is 59.2 Å². The average Bonchev–Trinajstić information content (AvgIpc) is 2.68. The van der Waals surface area contributed by atoms with Gasteiger partial charge in [-0.05, 0) is 11.5 Å². The van der Waals surface area contributed by atoms with Gasteiger partial charge in [0.05, 0.1) is 12.4 Å². The molecule has 0 spiro atoms. The number of pyridine rings is 1. The van der Waals surface area contributed by atoms with Crippen molar-refractivity contribution in [2.75, 3.05) is 5.88 Å². The smallest absolute Gasteiger partial charge is 0.175 e. The Balaban J connectivity index is 0.000000722. The first-order valence-electron chi connectivity index (χ1n) is 4.60. The monoisotopic (exact) mass is 309 g/mol. The van der Waals surface area contributed by atoms with Crippen LogP contribution in [0.5, 0.6) is 0 Å². The maximum Gasteiger partial charge on any atom is 0.175 e. The molecule has 0 radical (unpaired) electrons. The Bertz CT molecular complexity index is 476. The molecule has 0 saturated heterocycles. The summed E-state index contributed by atoms with van der Waals surface area (Å²) in [6.45, 7) is 0.827. The molecule has 0 N–H and O–H groups in total. The Labute approximate surface area is 121 Å². The maximum absolute atomic E-state index is 5.86. The first kappa shape index (κ1) is 14.6. The summed E-state index contributed by atoms with van der Waals surface area (Å²) in [6, 6.07) is 3.99. The highest BCUT2D eigenvalue weighted by molar-refractivity contribution is 8.16. The van der Waals surface area contributed by atoms with Gasteiger partial charge in [-0.15, -0.1) is 36.4 Å². The number of amidine groups is 1. The number of nitrogens with zero attached hydrogens (tertiary/aromatic N) is 3. The molecule has 0 amide bonds. The first-order valence-corrected chi connectivity index (χ1v) is 6.01. The number of alkyl halides is 1. The van der Waals surface area contributed by atoms with E-state index in [0.29, 0.717) is 5.88 Å². The summed E-state index contributed by atoms with van der Waals surface area (Å²) in [5.41, 5.74) is 2.27. The fourth-order valence-electron chi connectivity index (χ4n) is 1.65. The number of hydrogen-bond donors (Lipinski definition) is 0. The van der Waals surface area contributed by atoms with Crippen LogP contribution >= 0.6 is 48.2 Å². The zero-order valence-corrected chi connectivity index (χ0v) is 11.9. The molecule has 1 aromatic rings. The van der Waals surface area contributed by atoms with Gasteiger partial charge in [-0.2, -0.15) is 0 Å². The van der Waals surface area contributed by atoms with E-state index in [1.165, 1.54) is 0 Å². The number of allylic oxidation sites excluding steroid dienone is 1. The minimum atomic E-state index is 0. The van der Waals surface area contributed by atoms with E-state index in [1.807, 2.05) is 6.07 Å². The fraction of sp³-hybridized carbons (Fsp3) is 0.200. The van der Waals surface area contributed by atoms with Gasteiger partial charge in [0.25, 0.3) is 0 Å². The van der Waals surface area contributed by atoms with Crippen LogP contribution in [-0.2, 0) is 6.54 Å². The summed E-state index contributed by atoms with van der Waals surface area (Å²) in [4.78, 5) is 10.9. The summed E-state index contributed by atoms with van der Waals surface area (Å²) in [7, 11) is 0. The van der Waals surface area contributed by atoms with Crippen LogP contribution in [0.4, 0.5) is 5.82 Å². The number of thioether (sulfide) groups is 1. The normalized spacial score (nSPS) is 15.9. The first-order chi connectivity index (χ1) is 7.38. The zero-order chi connectivity index (χ0) is 10.3. The van der Waals surface area contributed by atoms with Crippen molar-refractivity contribution in [3.63, 3.8) is 0 Å². The second-order valence-electron chi connectivity index (χ2n) is 3.33. The summed E-state index contributed by atoms with van der Waals surface area (Å²) < 4.78 is 0. The molecule has 0 unspecified atom stereocenters. The molecular weight excluding hydrogens is 301 g/mol. The van der Waals surface area contributed by atoms with E-state index in [9.17, 15) is 0 Å². The van der Waals surface area contributed by atoms with Gasteiger partial charge in [0.1, 0.15) is 0 Å². The molecule has 0 aromatic carbocycles. The molecule has 3 rings (SSSR count). The van der Waals surface area contributed by atoms with Gasteiger partial charge in [-0.3, -0.25) is 0 Å². The molecule has 1 aromatic heterocycles. The van der Waals surface area contributed by atoms with Gasteiger partial charge >= 0.3 is 0 Å². The number of hydrogen-bond acceptors (Lipinski definition) is 4. The van der Waals surface area contributed by atoms with Crippen LogP contribution in [0.1, 0.15) is 5.56 Å². The molecule has 2 aliphatic heterocycles. The second-order valence-corrected chi connectivity index (χ2v) is 4.43. The molecule has 3 heterocycles. The van der Waals surface area contributed by atoms with E-state index in [1.54, 1.807) is 18.0 Å². The number of halogens is 3. The van der Waals surface area contributed by atoms with Gasteiger partial charge in [-0.1, -0.05) is 17.8 Å². The molecule has 0 fully saturated rings.